The van der Waals surface area contributed by atoms with Crippen LogP contribution in [0.15, 0.2) is 36.4 Å². The lowest BCUT2D eigenvalue weighted by molar-refractivity contribution is -0.123. The maximum atomic E-state index is 13.6. The molecule has 4 rings (SSSR count). The van der Waals surface area contributed by atoms with E-state index in [2.05, 4.69) is 16.0 Å². The van der Waals surface area contributed by atoms with Crippen molar-refractivity contribution in [2.75, 3.05) is 26.3 Å². The summed E-state index contributed by atoms with van der Waals surface area (Å²) in [5.74, 6) is -0.667. The van der Waals surface area contributed by atoms with Crippen LogP contribution in [0.5, 0.6) is 11.5 Å². The second-order valence-electron chi connectivity index (χ2n) is 8.77. The smallest absolute Gasteiger partial charge is 0.257 e. The summed E-state index contributed by atoms with van der Waals surface area (Å²) in [4.78, 5) is 12.2. The molecule has 2 unspecified atom stereocenters. The Hall–Kier alpha value is -2.13. The highest BCUT2D eigenvalue weighted by Crippen LogP contribution is 2.46. The highest BCUT2D eigenvalue weighted by Gasteiger charge is 2.46. The molecule has 0 bridgehead atoms. The monoisotopic (exact) mass is 513 g/mol. The average molecular weight is 514 g/mol. The maximum absolute atomic E-state index is 13.6. The first-order valence-corrected chi connectivity index (χ1v) is 12.0. The Morgan fingerprint density at radius 2 is 1.71 bits per heavy atom. The Morgan fingerprint density at radius 1 is 1.06 bits per heavy atom. The van der Waals surface area contributed by atoms with Crippen LogP contribution in [0.2, 0.25) is 10.0 Å². The van der Waals surface area contributed by atoms with Crippen molar-refractivity contribution in [1.82, 2.24) is 16.0 Å². The SMILES string of the molecule is O=C(COc1ccc(Cl)c(F)c1)NCCC1(C2NCC(COc3ccc(Cl)c(F)c3)N2)CCC1. The zero-order valence-corrected chi connectivity index (χ0v) is 20.0. The first-order valence-electron chi connectivity index (χ1n) is 11.3. The Bertz CT molecular complexity index is 1020. The van der Waals surface area contributed by atoms with Gasteiger partial charge in [-0.25, -0.2) is 8.78 Å². The predicted molar refractivity (Wildman–Crippen MR) is 126 cm³/mol. The summed E-state index contributed by atoms with van der Waals surface area (Å²) in [6.45, 7) is 1.46. The van der Waals surface area contributed by atoms with Gasteiger partial charge in [0.05, 0.1) is 22.3 Å². The van der Waals surface area contributed by atoms with E-state index in [1.54, 1.807) is 6.07 Å². The Kier molecular flexibility index (Phi) is 8.14. The molecular formula is C24H27Cl2F2N3O3. The standard InChI is InChI=1S/C24H27Cl2F2N3O3/c25-18-4-2-16(10-20(18)27)33-13-15-12-30-23(31-15)24(6-1-7-24)8-9-29-22(32)14-34-17-3-5-19(26)21(28)11-17/h2-5,10-11,15,23,30-31H,1,6-9,12-14H2,(H,29,32). The van der Waals surface area contributed by atoms with Gasteiger partial charge in [-0.15, -0.1) is 0 Å². The number of ether oxygens (including phenoxy) is 2. The van der Waals surface area contributed by atoms with Gasteiger partial charge in [0.15, 0.2) is 6.61 Å². The van der Waals surface area contributed by atoms with Gasteiger partial charge in [0.25, 0.3) is 5.91 Å². The minimum absolute atomic E-state index is 0.00408. The first-order chi connectivity index (χ1) is 16.3. The van der Waals surface area contributed by atoms with Crippen LogP contribution < -0.4 is 25.4 Å². The van der Waals surface area contributed by atoms with E-state index in [9.17, 15) is 13.6 Å². The average Bonchev–Trinajstić information content (AvgIpc) is 3.26. The van der Waals surface area contributed by atoms with Crippen LogP contribution in [-0.4, -0.2) is 44.4 Å². The number of halogens is 4. The summed E-state index contributed by atoms with van der Waals surface area (Å²) < 4.78 is 38.1. The minimum atomic E-state index is -0.591. The van der Waals surface area contributed by atoms with E-state index in [4.69, 9.17) is 32.7 Å². The van der Waals surface area contributed by atoms with E-state index in [0.29, 0.717) is 18.9 Å². The third-order valence-corrected chi connectivity index (χ3v) is 7.09. The summed E-state index contributed by atoms with van der Waals surface area (Å²) in [5.41, 5.74) is 0.0502. The number of carbonyl (C=O) groups excluding carboxylic acids is 1. The van der Waals surface area contributed by atoms with Gasteiger partial charge in [-0.3, -0.25) is 15.4 Å². The Morgan fingerprint density at radius 3 is 2.29 bits per heavy atom. The largest absolute Gasteiger partial charge is 0.492 e. The quantitative estimate of drug-likeness (QED) is 0.442. The maximum Gasteiger partial charge on any atom is 0.257 e. The van der Waals surface area contributed by atoms with Crippen LogP contribution in [0, 0.1) is 17.0 Å². The number of carbonyl (C=O) groups is 1. The summed E-state index contributed by atoms with van der Waals surface area (Å²) in [6, 6.07) is 8.55. The summed E-state index contributed by atoms with van der Waals surface area (Å²) in [5, 5.41) is 10.1. The molecule has 2 fully saturated rings. The van der Waals surface area contributed by atoms with Crippen molar-refractivity contribution in [1.29, 1.82) is 0 Å². The highest BCUT2D eigenvalue weighted by molar-refractivity contribution is 6.31. The molecule has 184 valence electrons. The van der Waals surface area contributed by atoms with Crippen LogP contribution in [-0.2, 0) is 4.79 Å². The molecule has 1 aliphatic carbocycles. The first kappa shape index (κ1) is 25.0. The van der Waals surface area contributed by atoms with Crippen molar-refractivity contribution in [3.05, 3.63) is 58.1 Å². The van der Waals surface area contributed by atoms with E-state index in [1.165, 1.54) is 24.3 Å². The van der Waals surface area contributed by atoms with E-state index in [-0.39, 0.29) is 45.9 Å². The third kappa shape index (κ3) is 6.10. The molecule has 3 N–H and O–H groups in total. The van der Waals surface area contributed by atoms with Gasteiger partial charge in [-0.05, 0) is 43.5 Å². The van der Waals surface area contributed by atoms with Crippen molar-refractivity contribution in [3.8, 4) is 11.5 Å². The van der Waals surface area contributed by atoms with Gasteiger partial charge >= 0.3 is 0 Å². The zero-order chi connectivity index (χ0) is 24.1. The van der Waals surface area contributed by atoms with Crippen LogP contribution in [0.4, 0.5) is 8.78 Å². The van der Waals surface area contributed by atoms with E-state index in [0.717, 1.165) is 38.3 Å². The lowest BCUT2D eigenvalue weighted by Gasteiger charge is -2.47. The molecule has 1 heterocycles. The predicted octanol–water partition coefficient (Wildman–Crippen LogP) is 4.29. The number of hydrogen-bond acceptors (Lipinski definition) is 5. The third-order valence-electron chi connectivity index (χ3n) is 6.48. The molecule has 0 radical (unpaired) electrons. The van der Waals surface area contributed by atoms with Crippen LogP contribution in [0.25, 0.3) is 0 Å². The molecule has 2 aromatic rings. The number of rotatable bonds is 10. The fourth-order valence-corrected chi connectivity index (χ4v) is 4.64. The second kappa shape index (κ2) is 11.1. The van der Waals surface area contributed by atoms with Crippen molar-refractivity contribution in [2.24, 2.45) is 5.41 Å². The fourth-order valence-electron chi connectivity index (χ4n) is 4.41. The molecule has 0 spiro atoms. The molecule has 1 saturated heterocycles. The fraction of sp³-hybridized carbons (Fsp3) is 0.458. The number of hydrogen-bond donors (Lipinski definition) is 3. The lowest BCUT2D eigenvalue weighted by atomic mass is 9.64. The van der Waals surface area contributed by atoms with Gasteiger partial charge in [-0.1, -0.05) is 29.6 Å². The summed E-state index contributed by atoms with van der Waals surface area (Å²) in [7, 11) is 0. The number of benzene rings is 2. The highest BCUT2D eigenvalue weighted by atomic mass is 35.5. The molecule has 1 saturated carbocycles. The normalized spacial score (nSPS) is 21.1. The van der Waals surface area contributed by atoms with E-state index in [1.807, 2.05) is 0 Å². The Balaban J connectivity index is 1.19. The molecule has 2 aromatic carbocycles. The van der Waals surface area contributed by atoms with Crippen molar-refractivity contribution < 1.29 is 23.0 Å². The minimum Gasteiger partial charge on any atom is -0.492 e. The van der Waals surface area contributed by atoms with E-state index < -0.39 is 11.6 Å². The zero-order valence-electron chi connectivity index (χ0n) is 18.5. The molecule has 2 aliphatic rings. The van der Waals surface area contributed by atoms with Crippen molar-refractivity contribution >= 4 is 29.1 Å². The van der Waals surface area contributed by atoms with Gasteiger partial charge in [0.1, 0.15) is 29.7 Å². The van der Waals surface area contributed by atoms with Crippen LogP contribution in [0.3, 0.4) is 0 Å². The Labute approximate surface area is 207 Å². The van der Waals surface area contributed by atoms with Crippen molar-refractivity contribution in [2.45, 2.75) is 37.9 Å². The molecule has 34 heavy (non-hydrogen) atoms. The topological polar surface area (TPSA) is 71.6 Å². The van der Waals surface area contributed by atoms with Gasteiger partial charge < -0.3 is 14.8 Å². The van der Waals surface area contributed by atoms with Gasteiger partial charge in [-0.2, -0.15) is 0 Å². The number of nitrogens with one attached hydrogen (secondary N) is 3. The van der Waals surface area contributed by atoms with E-state index >= 15 is 0 Å². The van der Waals surface area contributed by atoms with Gasteiger partial charge in [0, 0.05) is 30.6 Å². The van der Waals surface area contributed by atoms with Crippen molar-refractivity contribution in [3.63, 3.8) is 0 Å². The lowest BCUT2D eigenvalue weighted by Crippen LogP contribution is -2.54. The summed E-state index contributed by atoms with van der Waals surface area (Å²) >= 11 is 11.4. The molecule has 6 nitrogen and oxygen atoms in total. The number of amides is 1. The summed E-state index contributed by atoms with van der Waals surface area (Å²) in [6.07, 6.45) is 4.19. The molecule has 1 amide bonds. The molecule has 2 atom stereocenters. The second-order valence-corrected chi connectivity index (χ2v) is 9.59. The molecule has 10 heteroatoms. The van der Waals surface area contributed by atoms with Crippen LogP contribution >= 0.6 is 23.2 Å². The molecular weight excluding hydrogens is 487 g/mol. The molecule has 0 aromatic heterocycles. The molecule has 1 aliphatic heterocycles. The van der Waals surface area contributed by atoms with Gasteiger partial charge in [0.2, 0.25) is 0 Å². The van der Waals surface area contributed by atoms with Crippen LogP contribution in [0.1, 0.15) is 25.7 Å².